The van der Waals surface area contributed by atoms with Crippen LogP contribution in [0.2, 0.25) is 0 Å². The smallest absolute Gasteiger partial charge is 0.129 e. The quantitative estimate of drug-likeness (QED) is 0.867. The first-order chi connectivity index (χ1) is 8.86. The van der Waals surface area contributed by atoms with Gasteiger partial charge in [-0.25, -0.2) is 0 Å². The van der Waals surface area contributed by atoms with Crippen LogP contribution in [0.4, 0.5) is 0 Å². The minimum atomic E-state index is -0.0355. The Bertz CT molecular complexity index is 533. The highest BCUT2D eigenvalue weighted by Gasteiger charge is 2.21. The second kappa shape index (κ2) is 4.96. The van der Waals surface area contributed by atoms with Crippen molar-refractivity contribution in [3.05, 3.63) is 59.0 Å². The molecule has 0 spiro atoms. The highest BCUT2D eigenvalue weighted by molar-refractivity contribution is 5.34. The second-order valence-electron chi connectivity index (χ2n) is 4.70. The van der Waals surface area contributed by atoms with E-state index in [-0.39, 0.29) is 6.61 Å². The number of benzene rings is 1. The molecule has 0 aliphatic heterocycles. The molecule has 2 aromatic rings. The molecule has 18 heavy (non-hydrogen) atoms. The Morgan fingerprint density at radius 1 is 1.17 bits per heavy atom. The lowest BCUT2D eigenvalue weighted by Gasteiger charge is -2.12. The van der Waals surface area contributed by atoms with E-state index < -0.39 is 0 Å². The summed E-state index contributed by atoms with van der Waals surface area (Å²) in [6, 6.07) is 12.7. The lowest BCUT2D eigenvalue weighted by atomic mass is 10.1. The normalized spacial score (nSPS) is 17.9. The molecule has 0 amide bonds. The van der Waals surface area contributed by atoms with Gasteiger partial charge in [0.25, 0.3) is 0 Å². The fraction of sp³-hybridized carbons (Fsp3) is 0.333. The van der Waals surface area contributed by atoms with Gasteiger partial charge in [0.05, 0.1) is 6.54 Å². The van der Waals surface area contributed by atoms with Crippen LogP contribution < -0.4 is 5.32 Å². The number of hydrogen-bond acceptors (Lipinski definition) is 3. The van der Waals surface area contributed by atoms with Crippen LogP contribution in [0.15, 0.2) is 40.8 Å². The summed E-state index contributed by atoms with van der Waals surface area (Å²) < 4.78 is 5.47. The van der Waals surface area contributed by atoms with Crippen LogP contribution in [0, 0.1) is 0 Å². The van der Waals surface area contributed by atoms with Gasteiger partial charge in [0.15, 0.2) is 0 Å². The van der Waals surface area contributed by atoms with Crippen LogP contribution in [-0.4, -0.2) is 5.11 Å². The molecule has 1 unspecified atom stereocenters. The van der Waals surface area contributed by atoms with E-state index in [0.29, 0.717) is 18.3 Å². The third-order valence-corrected chi connectivity index (χ3v) is 3.53. The molecule has 0 bridgehead atoms. The van der Waals surface area contributed by atoms with Crippen molar-refractivity contribution in [2.75, 3.05) is 0 Å². The predicted octanol–water partition coefficient (Wildman–Crippen LogP) is 2.55. The molecule has 1 atom stereocenters. The molecule has 0 saturated heterocycles. The number of furan rings is 1. The van der Waals surface area contributed by atoms with Crippen molar-refractivity contribution in [1.29, 1.82) is 0 Å². The van der Waals surface area contributed by atoms with Crippen LogP contribution in [0.1, 0.15) is 35.1 Å². The van der Waals surface area contributed by atoms with E-state index in [0.717, 1.165) is 18.6 Å². The van der Waals surface area contributed by atoms with Gasteiger partial charge in [-0.2, -0.15) is 0 Å². The lowest BCUT2D eigenvalue weighted by molar-refractivity contribution is 0.242. The Balaban J connectivity index is 1.65. The van der Waals surface area contributed by atoms with Gasteiger partial charge in [-0.3, -0.25) is 0 Å². The molecule has 1 aromatic carbocycles. The van der Waals surface area contributed by atoms with Crippen molar-refractivity contribution < 1.29 is 9.52 Å². The number of aliphatic hydroxyl groups is 1. The number of aliphatic hydroxyl groups excluding tert-OH is 1. The van der Waals surface area contributed by atoms with Crippen molar-refractivity contribution in [3.63, 3.8) is 0 Å². The van der Waals surface area contributed by atoms with Crippen molar-refractivity contribution >= 4 is 0 Å². The third kappa shape index (κ3) is 2.19. The van der Waals surface area contributed by atoms with Crippen molar-refractivity contribution in [2.45, 2.75) is 32.0 Å². The topological polar surface area (TPSA) is 45.4 Å². The Morgan fingerprint density at radius 2 is 2.00 bits per heavy atom. The Kier molecular flexibility index (Phi) is 3.17. The van der Waals surface area contributed by atoms with Gasteiger partial charge in [0.2, 0.25) is 0 Å². The molecule has 3 heteroatoms. The van der Waals surface area contributed by atoms with Gasteiger partial charge in [0.1, 0.15) is 18.1 Å². The van der Waals surface area contributed by atoms with Crippen molar-refractivity contribution in [1.82, 2.24) is 5.32 Å². The van der Waals surface area contributed by atoms with E-state index in [1.807, 2.05) is 12.1 Å². The predicted molar refractivity (Wildman–Crippen MR) is 69.0 cm³/mol. The first-order valence-electron chi connectivity index (χ1n) is 6.36. The van der Waals surface area contributed by atoms with Gasteiger partial charge < -0.3 is 14.8 Å². The van der Waals surface area contributed by atoms with Gasteiger partial charge in [0, 0.05) is 6.04 Å². The fourth-order valence-electron chi connectivity index (χ4n) is 2.60. The van der Waals surface area contributed by atoms with Crippen LogP contribution >= 0.6 is 0 Å². The van der Waals surface area contributed by atoms with E-state index in [2.05, 4.69) is 29.6 Å². The van der Waals surface area contributed by atoms with Gasteiger partial charge in [-0.1, -0.05) is 24.3 Å². The summed E-state index contributed by atoms with van der Waals surface area (Å²) in [6.07, 6.45) is 2.29. The summed E-state index contributed by atoms with van der Waals surface area (Å²) in [5.41, 5.74) is 2.86. The van der Waals surface area contributed by atoms with E-state index >= 15 is 0 Å². The van der Waals surface area contributed by atoms with Crippen LogP contribution in [0.5, 0.6) is 0 Å². The average molecular weight is 243 g/mol. The molecule has 1 heterocycles. The zero-order valence-corrected chi connectivity index (χ0v) is 10.2. The molecule has 1 aliphatic carbocycles. The maximum atomic E-state index is 8.95. The third-order valence-electron chi connectivity index (χ3n) is 3.53. The maximum Gasteiger partial charge on any atom is 0.129 e. The zero-order valence-electron chi connectivity index (χ0n) is 10.2. The molecule has 2 N–H and O–H groups in total. The minimum Gasteiger partial charge on any atom is -0.462 e. The highest BCUT2D eigenvalue weighted by Crippen LogP contribution is 2.30. The molecular formula is C15H17NO2. The van der Waals surface area contributed by atoms with E-state index in [9.17, 15) is 0 Å². The molecule has 3 nitrogen and oxygen atoms in total. The van der Waals surface area contributed by atoms with E-state index in [1.54, 1.807) is 0 Å². The number of nitrogens with one attached hydrogen (secondary N) is 1. The largest absolute Gasteiger partial charge is 0.462 e. The molecule has 1 aromatic heterocycles. The first-order valence-corrected chi connectivity index (χ1v) is 6.36. The number of rotatable bonds is 4. The first kappa shape index (κ1) is 11.5. The lowest BCUT2D eigenvalue weighted by Crippen LogP contribution is -2.18. The van der Waals surface area contributed by atoms with Gasteiger partial charge >= 0.3 is 0 Å². The standard InChI is InChI=1S/C15H17NO2/c17-10-13-7-6-12(18-13)9-16-15-8-5-11-3-1-2-4-14(11)15/h1-4,6-7,15-17H,5,8-10H2. The average Bonchev–Trinajstić information content (AvgIpc) is 3.03. The second-order valence-corrected chi connectivity index (χ2v) is 4.70. The Morgan fingerprint density at radius 3 is 2.83 bits per heavy atom. The number of fused-ring (bicyclic) bond motifs is 1. The fourth-order valence-corrected chi connectivity index (χ4v) is 2.60. The van der Waals surface area contributed by atoms with Crippen molar-refractivity contribution in [3.8, 4) is 0 Å². The van der Waals surface area contributed by atoms with Gasteiger partial charge in [-0.15, -0.1) is 0 Å². The molecule has 3 rings (SSSR count). The molecule has 0 saturated carbocycles. The molecular weight excluding hydrogens is 226 g/mol. The molecule has 0 radical (unpaired) electrons. The minimum absolute atomic E-state index is 0.0355. The van der Waals surface area contributed by atoms with Crippen LogP contribution in [0.3, 0.4) is 0 Å². The highest BCUT2D eigenvalue weighted by atomic mass is 16.4. The number of aryl methyl sites for hydroxylation is 1. The maximum absolute atomic E-state index is 8.95. The monoisotopic (exact) mass is 243 g/mol. The molecule has 1 aliphatic rings. The molecule has 94 valence electrons. The van der Waals surface area contributed by atoms with E-state index in [4.69, 9.17) is 9.52 Å². The van der Waals surface area contributed by atoms with Crippen LogP contribution in [0.25, 0.3) is 0 Å². The summed E-state index contributed by atoms with van der Waals surface area (Å²) in [6.45, 7) is 0.672. The Hall–Kier alpha value is -1.58. The number of hydrogen-bond donors (Lipinski definition) is 2. The summed E-state index contributed by atoms with van der Waals surface area (Å²) in [5, 5.41) is 12.5. The summed E-state index contributed by atoms with van der Waals surface area (Å²) in [7, 11) is 0. The van der Waals surface area contributed by atoms with Crippen LogP contribution in [-0.2, 0) is 19.6 Å². The Labute approximate surface area is 106 Å². The van der Waals surface area contributed by atoms with Gasteiger partial charge in [-0.05, 0) is 36.1 Å². The van der Waals surface area contributed by atoms with Crippen molar-refractivity contribution in [2.24, 2.45) is 0 Å². The zero-order chi connectivity index (χ0) is 12.4. The summed E-state index contributed by atoms with van der Waals surface area (Å²) in [5.74, 6) is 1.50. The molecule has 0 fully saturated rings. The summed E-state index contributed by atoms with van der Waals surface area (Å²) >= 11 is 0. The van der Waals surface area contributed by atoms with E-state index in [1.165, 1.54) is 11.1 Å². The SMILES string of the molecule is OCc1ccc(CNC2CCc3ccccc32)o1. The summed E-state index contributed by atoms with van der Waals surface area (Å²) in [4.78, 5) is 0.